The van der Waals surface area contributed by atoms with Gasteiger partial charge in [-0.1, -0.05) is 12.1 Å². The number of hydrogen-bond donors (Lipinski definition) is 0. The van der Waals surface area contributed by atoms with E-state index in [2.05, 4.69) is 21.9 Å². The molecule has 2 aliphatic rings. The van der Waals surface area contributed by atoms with Gasteiger partial charge >= 0.3 is 0 Å². The standard InChI is InChI=1S/C19H25N3O/c20-14-16-5-4-6-17(13-16)15-21-11-7-18(8-12-21)19(23)22-9-2-1-3-10-22/h4-6,13,18H,1-3,7-12,15H2. The maximum atomic E-state index is 12.6. The predicted molar refractivity (Wildman–Crippen MR) is 89.6 cm³/mol. The number of carbonyl (C=O) groups excluding carboxylic acids is 1. The van der Waals surface area contributed by atoms with Crippen LogP contribution in [-0.2, 0) is 11.3 Å². The van der Waals surface area contributed by atoms with Gasteiger partial charge in [0, 0.05) is 25.6 Å². The van der Waals surface area contributed by atoms with E-state index in [1.165, 1.54) is 24.8 Å². The van der Waals surface area contributed by atoms with E-state index in [-0.39, 0.29) is 5.92 Å². The van der Waals surface area contributed by atoms with E-state index in [1.54, 1.807) is 0 Å². The largest absolute Gasteiger partial charge is 0.342 e. The van der Waals surface area contributed by atoms with Crippen LogP contribution in [0.1, 0.15) is 43.2 Å². The van der Waals surface area contributed by atoms with Crippen LogP contribution in [0.25, 0.3) is 0 Å². The molecule has 0 N–H and O–H groups in total. The molecule has 23 heavy (non-hydrogen) atoms. The summed E-state index contributed by atoms with van der Waals surface area (Å²) in [7, 11) is 0. The first kappa shape index (κ1) is 16.0. The summed E-state index contributed by atoms with van der Waals surface area (Å²) < 4.78 is 0. The summed E-state index contributed by atoms with van der Waals surface area (Å²) in [5.41, 5.74) is 1.91. The van der Waals surface area contributed by atoms with E-state index < -0.39 is 0 Å². The minimum absolute atomic E-state index is 0.217. The second-order valence-electron chi connectivity index (χ2n) is 6.75. The molecule has 2 aliphatic heterocycles. The fraction of sp³-hybridized carbons (Fsp3) is 0.579. The van der Waals surface area contributed by atoms with Gasteiger partial charge in [-0.2, -0.15) is 5.26 Å². The lowest BCUT2D eigenvalue weighted by Gasteiger charge is -2.35. The van der Waals surface area contributed by atoms with Gasteiger partial charge in [0.05, 0.1) is 11.6 Å². The molecule has 0 aliphatic carbocycles. The predicted octanol–water partition coefficient (Wildman–Crippen LogP) is 2.78. The van der Waals surface area contributed by atoms with E-state index in [0.717, 1.165) is 51.1 Å². The Labute approximate surface area is 138 Å². The summed E-state index contributed by atoms with van der Waals surface area (Å²) in [5.74, 6) is 0.602. The molecule has 0 unspecified atom stereocenters. The second kappa shape index (κ2) is 7.61. The van der Waals surface area contributed by atoms with Crippen molar-refractivity contribution in [3.8, 4) is 6.07 Å². The summed E-state index contributed by atoms with van der Waals surface area (Å²) in [6.07, 6.45) is 5.53. The number of nitrogens with zero attached hydrogens (tertiary/aromatic N) is 3. The molecule has 0 atom stereocenters. The van der Waals surface area contributed by atoms with Gasteiger partial charge in [-0.15, -0.1) is 0 Å². The van der Waals surface area contributed by atoms with E-state index in [9.17, 15) is 4.79 Å². The number of nitriles is 1. The van der Waals surface area contributed by atoms with Crippen LogP contribution in [0, 0.1) is 17.2 Å². The molecule has 1 amide bonds. The highest BCUT2D eigenvalue weighted by molar-refractivity contribution is 5.79. The Morgan fingerprint density at radius 1 is 1.13 bits per heavy atom. The zero-order valence-electron chi connectivity index (χ0n) is 13.7. The normalized spacial score (nSPS) is 20.2. The van der Waals surface area contributed by atoms with Crippen molar-refractivity contribution in [1.82, 2.24) is 9.80 Å². The molecule has 0 spiro atoms. The molecule has 1 aromatic carbocycles. The first-order chi connectivity index (χ1) is 11.3. The fourth-order valence-electron chi connectivity index (χ4n) is 3.71. The van der Waals surface area contributed by atoms with Crippen LogP contribution < -0.4 is 0 Å². The number of piperidine rings is 2. The molecular formula is C19H25N3O. The van der Waals surface area contributed by atoms with Crippen LogP contribution in [0.15, 0.2) is 24.3 Å². The highest BCUT2D eigenvalue weighted by Crippen LogP contribution is 2.23. The van der Waals surface area contributed by atoms with Crippen LogP contribution in [0.3, 0.4) is 0 Å². The molecule has 2 fully saturated rings. The van der Waals surface area contributed by atoms with E-state index in [0.29, 0.717) is 5.91 Å². The average molecular weight is 311 g/mol. The van der Waals surface area contributed by atoms with Gasteiger partial charge in [0.2, 0.25) is 5.91 Å². The molecule has 122 valence electrons. The van der Waals surface area contributed by atoms with Crippen LogP contribution >= 0.6 is 0 Å². The third-order valence-electron chi connectivity index (χ3n) is 5.07. The van der Waals surface area contributed by atoms with Gasteiger partial charge in [-0.3, -0.25) is 9.69 Å². The van der Waals surface area contributed by atoms with Gasteiger partial charge in [-0.05, 0) is 62.9 Å². The van der Waals surface area contributed by atoms with Crippen LogP contribution in [0.2, 0.25) is 0 Å². The minimum Gasteiger partial charge on any atom is -0.342 e. The number of amides is 1. The molecule has 0 radical (unpaired) electrons. The summed E-state index contributed by atoms with van der Waals surface area (Å²) in [4.78, 5) is 17.1. The Morgan fingerprint density at radius 3 is 2.57 bits per heavy atom. The number of likely N-dealkylation sites (tertiary alicyclic amines) is 2. The summed E-state index contributed by atoms with van der Waals surface area (Å²) in [5, 5.41) is 8.98. The number of carbonyl (C=O) groups is 1. The lowest BCUT2D eigenvalue weighted by atomic mass is 9.94. The molecule has 2 saturated heterocycles. The molecule has 4 heteroatoms. The monoisotopic (exact) mass is 311 g/mol. The molecular weight excluding hydrogens is 286 g/mol. The number of hydrogen-bond acceptors (Lipinski definition) is 3. The minimum atomic E-state index is 0.217. The fourth-order valence-corrected chi connectivity index (χ4v) is 3.71. The third kappa shape index (κ3) is 4.11. The van der Waals surface area contributed by atoms with Gasteiger partial charge in [0.15, 0.2) is 0 Å². The van der Waals surface area contributed by atoms with Gasteiger partial charge < -0.3 is 4.90 Å². The van der Waals surface area contributed by atoms with Crippen molar-refractivity contribution in [3.63, 3.8) is 0 Å². The van der Waals surface area contributed by atoms with Crippen molar-refractivity contribution < 1.29 is 4.79 Å². The highest BCUT2D eigenvalue weighted by Gasteiger charge is 2.29. The SMILES string of the molecule is N#Cc1cccc(CN2CCC(C(=O)N3CCCCC3)CC2)c1. The Balaban J connectivity index is 1.50. The van der Waals surface area contributed by atoms with Crippen LogP contribution in [0.4, 0.5) is 0 Å². The topological polar surface area (TPSA) is 47.3 Å². The van der Waals surface area contributed by atoms with Crippen molar-refractivity contribution >= 4 is 5.91 Å². The highest BCUT2D eigenvalue weighted by atomic mass is 16.2. The Kier molecular flexibility index (Phi) is 5.30. The molecule has 4 nitrogen and oxygen atoms in total. The van der Waals surface area contributed by atoms with Crippen LogP contribution in [0.5, 0.6) is 0 Å². The Hall–Kier alpha value is -1.86. The third-order valence-corrected chi connectivity index (χ3v) is 5.07. The quantitative estimate of drug-likeness (QED) is 0.862. The van der Waals surface area contributed by atoms with E-state index in [4.69, 9.17) is 5.26 Å². The summed E-state index contributed by atoms with van der Waals surface area (Å²) >= 11 is 0. The van der Waals surface area contributed by atoms with Crippen molar-refractivity contribution in [2.24, 2.45) is 5.92 Å². The molecule has 3 rings (SSSR count). The molecule has 0 bridgehead atoms. The van der Waals surface area contributed by atoms with Crippen molar-refractivity contribution in [1.29, 1.82) is 5.26 Å². The first-order valence-electron chi connectivity index (χ1n) is 8.76. The van der Waals surface area contributed by atoms with Gasteiger partial charge in [0.1, 0.15) is 0 Å². The smallest absolute Gasteiger partial charge is 0.225 e. The lowest BCUT2D eigenvalue weighted by Crippen LogP contribution is -2.44. The lowest BCUT2D eigenvalue weighted by molar-refractivity contribution is -0.138. The molecule has 0 aromatic heterocycles. The Bertz CT molecular complexity index is 579. The number of benzene rings is 1. The van der Waals surface area contributed by atoms with E-state index >= 15 is 0 Å². The second-order valence-corrected chi connectivity index (χ2v) is 6.75. The first-order valence-corrected chi connectivity index (χ1v) is 8.76. The van der Waals surface area contributed by atoms with Gasteiger partial charge in [0.25, 0.3) is 0 Å². The zero-order chi connectivity index (χ0) is 16.1. The van der Waals surface area contributed by atoms with E-state index in [1.807, 2.05) is 18.2 Å². The molecule has 2 heterocycles. The zero-order valence-corrected chi connectivity index (χ0v) is 13.7. The van der Waals surface area contributed by atoms with Crippen molar-refractivity contribution in [2.45, 2.75) is 38.6 Å². The molecule has 1 aromatic rings. The molecule has 0 saturated carbocycles. The number of rotatable bonds is 3. The maximum absolute atomic E-state index is 12.6. The average Bonchev–Trinajstić information content (AvgIpc) is 2.63. The van der Waals surface area contributed by atoms with Crippen molar-refractivity contribution in [2.75, 3.05) is 26.2 Å². The Morgan fingerprint density at radius 2 is 1.87 bits per heavy atom. The maximum Gasteiger partial charge on any atom is 0.225 e. The summed E-state index contributed by atoms with van der Waals surface area (Å²) in [6, 6.07) is 10.0. The van der Waals surface area contributed by atoms with Gasteiger partial charge in [-0.25, -0.2) is 0 Å². The summed E-state index contributed by atoms with van der Waals surface area (Å²) in [6.45, 7) is 4.74. The van der Waals surface area contributed by atoms with Crippen LogP contribution in [-0.4, -0.2) is 41.9 Å². The van der Waals surface area contributed by atoms with Crippen molar-refractivity contribution in [3.05, 3.63) is 35.4 Å².